The Bertz CT molecular complexity index is 1530. The predicted octanol–water partition coefficient (Wildman–Crippen LogP) is 4.61. The van der Waals surface area contributed by atoms with Gasteiger partial charge in [-0.05, 0) is 48.1 Å². The maximum absolute atomic E-state index is 13.4. The summed E-state index contributed by atoms with van der Waals surface area (Å²) < 4.78 is 0. The highest BCUT2D eigenvalue weighted by molar-refractivity contribution is 7.80. The number of nitrogens with zero attached hydrogens (tertiary/aromatic N) is 4. The molecule has 0 spiro atoms. The average molecular weight is 584 g/mol. The second-order valence-electron chi connectivity index (χ2n) is 8.14. The number of Topliss-reactive ketones (excluding diaryl/α,β-unsaturated/α-hetero) is 1. The molecule has 4 rings (SSSR count). The molecule has 1 unspecified atom stereocenters. The van der Waals surface area contributed by atoms with E-state index in [1.54, 1.807) is 36.4 Å². The smallest absolute Gasteiger partial charge is 0.278 e. The van der Waals surface area contributed by atoms with Crippen molar-refractivity contribution in [3.63, 3.8) is 0 Å². The number of amides is 1. The summed E-state index contributed by atoms with van der Waals surface area (Å²) in [5.41, 5.74) is 8.39. The summed E-state index contributed by atoms with van der Waals surface area (Å²) in [5, 5.41) is 24.2. The fourth-order valence-corrected chi connectivity index (χ4v) is 4.12. The lowest BCUT2D eigenvalue weighted by atomic mass is 9.94. The Labute approximate surface area is 237 Å². The molecule has 0 aliphatic carbocycles. The van der Waals surface area contributed by atoms with Crippen molar-refractivity contribution >= 4 is 80.7 Å². The van der Waals surface area contributed by atoms with Crippen LogP contribution in [0.25, 0.3) is 0 Å². The van der Waals surface area contributed by atoms with Crippen LogP contribution in [0.15, 0.2) is 83.0 Å². The lowest BCUT2D eigenvalue weighted by Crippen LogP contribution is -2.44. The molecule has 0 bridgehead atoms. The molecule has 0 saturated carbocycles. The Morgan fingerprint density at radius 2 is 1.85 bits per heavy atom. The van der Waals surface area contributed by atoms with Crippen LogP contribution < -0.4 is 21.5 Å². The van der Waals surface area contributed by atoms with Crippen molar-refractivity contribution < 1.29 is 14.5 Å². The quantitative estimate of drug-likeness (QED) is 0.157. The number of hydrazone groups is 2. The Hall–Kier alpha value is -4.39. The first kappa shape index (κ1) is 27.6. The van der Waals surface area contributed by atoms with Crippen LogP contribution in [0, 0.1) is 10.1 Å². The number of hydrogen-bond donors (Lipinski definition) is 3. The zero-order chi connectivity index (χ0) is 28.1. The van der Waals surface area contributed by atoms with Gasteiger partial charge in [0.25, 0.3) is 11.6 Å². The van der Waals surface area contributed by atoms with Gasteiger partial charge in [0.05, 0.1) is 26.7 Å². The lowest BCUT2D eigenvalue weighted by Gasteiger charge is -2.33. The molecular weight excluding hydrogens is 565 g/mol. The predicted molar refractivity (Wildman–Crippen MR) is 154 cm³/mol. The van der Waals surface area contributed by atoms with Crippen LogP contribution in [-0.4, -0.2) is 33.1 Å². The molecule has 11 nitrogen and oxygen atoms in total. The van der Waals surface area contributed by atoms with E-state index in [0.717, 1.165) is 0 Å². The third-order valence-corrected chi connectivity index (χ3v) is 6.36. The van der Waals surface area contributed by atoms with E-state index >= 15 is 0 Å². The van der Waals surface area contributed by atoms with Crippen molar-refractivity contribution in [3.8, 4) is 0 Å². The van der Waals surface area contributed by atoms with Crippen molar-refractivity contribution in [1.29, 1.82) is 0 Å². The van der Waals surface area contributed by atoms with Crippen LogP contribution in [0.5, 0.6) is 0 Å². The molecule has 0 saturated heterocycles. The van der Waals surface area contributed by atoms with Gasteiger partial charge >= 0.3 is 0 Å². The highest BCUT2D eigenvalue weighted by Crippen LogP contribution is 2.35. The van der Waals surface area contributed by atoms with Crippen LogP contribution >= 0.6 is 35.4 Å². The minimum atomic E-state index is -0.800. The zero-order valence-corrected chi connectivity index (χ0v) is 22.2. The zero-order valence-electron chi connectivity index (χ0n) is 19.9. The van der Waals surface area contributed by atoms with Gasteiger partial charge in [0.1, 0.15) is 0 Å². The van der Waals surface area contributed by atoms with Crippen LogP contribution in [0.2, 0.25) is 10.0 Å². The van der Waals surface area contributed by atoms with Gasteiger partial charge in [-0.2, -0.15) is 10.2 Å². The number of hydrogen-bond acceptors (Lipinski definition) is 8. The summed E-state index contributed by atoms with van der Waals surface area (Å²) >= 11 is 16.8. The number of nitro groups is 1. The molecule has 0 fully saturated rings. The summed E-state index contributed by atoms with van der Waals surface area (Å²) in [6.07, 6.45) is -0.166. The Balaban J connectivity index is 1.79. The molecular formula is C25H19Cl2N7O4S. The van der Waals surface area contributed by atoms with Gasteiger partial charge in [-0.25, -0.2) is 0 Å². The molecule has 0 aromatic heterocycles. The number of non-ortho nitro benzene ring substituents is 1. The van der Waals surface area contributed by atoms with Gasteiger partial charge in [0, 0.05) is 24.2 Å². The number of benzene rings is 3. The van der Waals surface area contributed by atoms with E-state index in [2.05, 4.69) is 20.9 Å². The fraction of sp³-hybridized carbons (Fsp3) is 0.0800. The van der Waals surface area contributed by atoms with E-state index in [4.69, 9.17) is 41.2 Å². The van der Waals surface area contributed by atoms with Crippen LogP contribution in [0.3, 0.4) is 0 Å². The van der Waals surface area contributed by atoms with Gasteiger partial charge in [0.15, 0.2) is 22.3 Å². The van der Waals surface area contributed by atoms with E-state index in [-0.39, 0.29) is 38.7 Å². The van der Waals surface area contributed by atoms with E-state index in [1.165, 1.54) is 41.4 Å². The molecule has 1 aliphatic rings. The van der Waals surface area contributed by atoms with E-state index in [1.807, 2.05) is 0 Å². The maximum Gasteiger partial charge on any atom is 0.278 e. The molecule has 3 aromatic carbocycles. The number of thiocarbonyl (C=S) groups is 1. The SMILES string of the molecule is NC(=S)NN=C(C(=O)Nc1ccc(Cl)c(Cl)c1)C1=NN(c2ccccc2)C(c2cccc([N+](=O)[O-])c2)CC1=O. The molecule has 1 atom stereocenters. The van der Waals surface area contributed by atoms with Crippen LogP contribution in [0.1, 0.15) is 18.0 Å². The van der Waals surface area contributed by atoms with Gasteiger partial charge in [0.2, 0.25) is 0 Å². The number of halogens is 2. The maximum atomic E-state index is 13.4. The first-order chi connectivity index (χ1) is 18.6. The number of anilines is 2. The Morgan fingerprint density at radius 3 is 2.51 bits per heavy atom. The molecule has 0 radical (unpaired) electrons. The number of carbonyl (C=O) groups excluding carboxylic acids is 2. The molecule has 1 amide bonds. The number of para-hydroxylation sites is 1. The highest BCUT2D eigenvalue weighted by atomic mass is 35.5. The topological polar surface area (TPSA) is 155 Å². The molecule has 4 N–H and O–H groups in total. The van der Waals surface area contributed by atoms with Crippen molar-refractivity contribution in [2.24, 2.45) is 15.9 Å². The van der Waals surface area contributed by atoms with Crippen molar-refractivity contribution in [2.75, 3.05) is 10.3 Å². The van der Waals surface area contributed by atoms with Crippen LogP contribution in [-0.2, 0) is 9.59 Å². The second kappa shape index (κ2) is 12.0. The number of rotatable bonds is 7. The summed E-state index contributed by atoms with van der Waals surface area (Å²) in [4.78, 5) is 37.6. The number of nitro benzene ring substituents is 1. The Morgan fingerprint density at radius 1 is 1.10 bits per heavy atom. The average Bonchev–Trinajstić information content (AvgIpc) is 2.92. The number of carbonyl (C=O) groups is 2. The molecule has 39 heavy (non-hydrogen) atoms. The summed E-state index contributed by atoms with van der Waals surface area (Å²) in [6.45, 7) is 0. The molecule has 3 aromatic rings. The summed E-state index contributed by atoms with van der Waals surface area (Å²) in [6, 6.07) is 18.5. The van der Waals surface area contributed by atoms with Crippen molar-refractivity contribution in [3.05, 3.63) is 98.5 Å². The Kier molecular flexibility index (Phi) is 8.49. The third-order valence-electron chi connectivity index (χ3n) is 5.53. The molecule has 1 heterocycles. The standard InChI is InChI=1S/C25H19Cl2N7O4S/c26-18-10-9-15(12-19(18)27)29-24(36)23(30-31-25(28)39)22-21(35)13-20(14-5-4-8-17(11-14)34(37)38)33(32-22)16-6-2-1-3-7-16/h1-12,20H,13H2,(H,29,36)(H3,28,31,39). The van der Waals surface area contributed by atoms with Gasteiger partial charge < -0.3 is 11.1 Å². The summed E-state index contributed by atoms with van der Waals surface area (Å²) in [5.74, 6) is -1.34. The van der Waals surface area contributed by atoms with E-state index in [9.17, 15) is 19.7 Å². The number of ketones is 1. The van der Waals surface area contributed by atoms with Gasteiger partial charge in [-0.1, -0.05) is 53.5 Å². The molecule has 1 aliphatic heterocycles. The lowest BCUT2D eigenvalue weighted by molar-refractivity contribution is -0.384. The first-order valence-electron chi connectivity index (χ1n) is 11.2. The van der Waals surface area contributed by atoms with Crippen LogP contribution in [0.4, 0.5) is 17.1 Å². The van der Waals surface area contributed by atoms with Crippen molar-refractivity contribution in [1.82, 2.24) is 5.43 Å². The van der Waals surface area contributed by atoms with E-state index < -0.39 is 28.4 Å². The van der Waals surface area contributed by atoms with Crippen molar-refractivity contribution in [2.45, 2.75) is 12.5 Å². The van der Waals surface area contributed by atoms with E-state index in [0.29, 0.717) is 11.3 Å². The van der Waals surface area contributed by atoms with Gasteiger partial charge in [-0.3, -0.25) is 30.1 Å². The monoisotopic (exact) mass is 583 g/mol. The summed E-state index contributed by atoms with van der Waals surface area (Å²) in [7, 11) is 0. The number of nitrogens with two attached hydrogens (primary N) is 1. The first-order valence-corrected chi connectivity index (χ1v) is 12.4. The second-order valence-corrected chi connectivity index (χ2v) is 9.40. The van der Waals surface area contributed by atoms with Gasteiger partial charge in [-0.15, -0.1) is 0 Å². The third kappa shape index (κ3) is 6.55. The molecule has 14 heteroatoms. The normalized spacial score (nSPS) is 15.4. The highest BCUT2D eigenvalue weighted by Gasteiger charge is 2.36. The fourth-order valence-electron chi connectivity index (χ4n) is 3.78. The minimum absolute atomic E-state index is 0.133. The largest absolute Gasteiger partial charge is 0.375 e. The minimum Gasteiger partial charge on any atom is -0.375 e. The number of nitrogens with one attached hydrogen (secondary N) is 2. The molecule has 198 valence electrons.